The van der Waals surface area contributed by atoms with Gasteiger partial charge in [-0.25, -0.2) is 13.2 Å². The van der Waals surface area contributed by atoms with Crippen LogP contribution in [-0.4, -0.2) is 11.8 Å². The van der Waals surface area contributed by atoms with Gasteiger partial charge in [-0.2, -0.15) is 13.2 Å². The third-order valence-electron chi connectivity index (χ3n) is 2.94. The van der Waals surface area contributed by atoms with Crippen LogP contribution in [0, 0.1) is 11.8 Å². The Morgan fingerprint density at radius 2 is 1.79 bits per heavy atom. The number of halogens is 6. The number of allylic oxidation sites excluding steroid dienone is 2. The third-order valence-corrected chi connectivity index (χ3v) is 2.94. The van der Waals surface area contributed by atoms with Crippen molar-refractivity contribution in [2.24, 2.45) is 11.8 Å². The van der Waals surface area contributed by atoms with E-state index in [1.54, 1.807) is 0 Å². The molecule has 80 valence electrons. The molecule has 3 unspecified atom stereocenters. The van der Waals surface area contributed by atoms with Gasteiger partial charge in [0.25, 0.3) is 0 Å². The monoisotopic (exact) mass is 216 g/mol. The lowest BCUT2D eigenvalue weighted by molar-refractivity contribution is -0.201. The van der Waals surface area contributed by atoms with Gasteiger partial charge in [0.15, 0.2) is 11.5 Å². The predicted molar refractivity (Wildman–Crippen MR) is 35.4 cm³/mol. The first-order valence-electron chi connectivity index (χ1n) is 4.08. The summed E-state index contributed by atoms with van der Waals surface area (Å²) in [6, 6.07) is 0. The lowest BCUT2D eigenvalue weighted by Crippen LogP contribution is -2.39. The molecule has 2 aliphatic carbocycles. The second-order valence-corrected chi connectivity index (χ2v) is 3.76. The van der Waals surface area contributed by atoms with Crippen LogP contribution in [0.5, 0.6) is 0 Å². The van der Waals surface area contributed by atoms with E-state index in [2.05, 4.69) is 0 Å². The molecule has 3 atom stereocenters. The average molecular weight is 216 g/mol. The zero-order valence-corrected chi connectivity index (χ0v) is 6.84. The van der Waals surface area contributed by atoms with Crippen LogP contribution >= 0.6 is 0 Å². The molecule has 6 heteroatoms. The van der Waals surface area contributed by atoms with Gasteiger partial charge in [-0.05, 0) is 12.8 Å². The summed E-state index contributed by atoms with van der Waals surface area (Å²) in [5.41, 5.74) is -3.15. The summed E-state index contributed by atoms with van der Waals surface area (Å²) in [7, 11) is 0. The van der Waals surface area contributed by atoms with Gasteiger partial charge >= 0.3 is 6.18 Å². The molecule has 0 heterocycles. The van der Waals surface area contributed by atoms with E-state index in [0.717, 1.165) is 0 Å². The van der Waals surface area contributed by atoms with Crippen LogP contribution in [0.4, 0.5) is 26.3 Å². The van der Waals surface area contributed by atoms with Crippen molar-refractivity contribution < 1.29 is 26.3 Å². The second-order valence-electron chi connectivity index (χ2n) is 3.76. The van der Waals surface area contributed by atoms with Gasteiger partial charge in [-0.3, -0.25) is 0 Å². The summed E-state index contributed by atoms with van der Waals surface area (Å²) in [6.45, 7) is 0. The number of fused-ring (bicyclic) bond motifs is 2. The Hall–Kier alpha value is -0.680. The maximum Gasteiger partial charge on any atom is 0.395 e. The van der Waals surface area contributed by atoms with E-state index in [1.165, 1.54) is 0 Å². The van der Waals surface area contributed by atoms with E-state index in [0.29, 0.717) is 0 Å². The third kappa shape index (κ3) is 1.02. The van der Waals surface area contributed by atoms with Gasteiger partial charge in [-0.15, -0.1) is 0 Å². The molecular formula is C8H6F6. The Labute approximate surface area is 75.6 Å². The number of alkyl halides is 4. The van der Waals surface area contributed by atoms with E-state index in [4.69, 9.17) is 0 Å². The number of rotatable bonds is 0. The maximum atomic E-state index is 13.5. The smallest absolute Gasteiger partial charge is 0.235 e. The average Bonchev–Trinajstić information content (AvgIpc) is 2.48. The first kappa shape index (κ1) is 9.86. The van der Waals surface area contributed by atoms with Crippen LogP contribution in [0.15, 0.2) is 11.7 Å². The SMILES string of the molecule is FC1=C(F)C2(F)CC1CC2C(F)(F)F. The molecule has 0 aromatic carbocycles. The molecular weight excluding hydrogens is 210 g/mol. The summed E-state index contributed by atoms with van der Waals surface area (Å²) in [6.07, 6.45) is -6.20. The minimum Gasteiger partial charge on any atom is -0.235 e. The summed E-state index contributed by atoms with van der Waals surface area (Å²) in [5, 5.41) is 0. The molecule has 0 amide bonds. The van der Waals surface area contributed by atoms with Crippen molar-refractivity contribution in [3.8, 4) is 0 Å². The minimum absolute atomic E-state index is 0.681. The lowest BCUT2D eigenvalue weighted by Gasteiger charge is -2.27. The van der Waals surface area contributed by atoms with Crippen LogP contribution in [0.2, 0.25) is 0 Å². The van der Waals surface area contributed by atoms with Crippen molar-refractivity contribution >= 4 is 0 Å². The zero-order chi connectivity index (χ0) is 10.7. The topological polar surface area (TPSA) is 0 Å². The van der Waals surface area contributed by atoms with Crippen molar-refractivity contribution in [1.82, 2.24) is 0 Å². The molecule has 14 heavy (non-hydrogen) atoms. The molecule has 2 rings (SSSR count). The molecule has 0 radical (unpaired) electrons. The Morgan fingerprint density at radius 1 is 1.21 bits per heavy atom. The highest BCUT2D eigenvalue weighted by Crippen LogP contribution is 2.61. The molecule has 0 saturated heterocycles. The molecule has 0 aliphatic heterocycles. The van der Waals surface area contributed by atoms with Crippen LogP contribution in [0.1, 0.15) is 12.8 Å². The first-order valence-corrected chi connectivity index (χ1v) is 4.08. The summed E-state index contributed by atoms with van der Waals surface area (Å²) in [5.74, 6) is -6.81. The van der Waals surface area contributed by atoms with Crippen molar-refractivity contribution in [3.63, 3.8) is 0 Å². The Balaban J connectivity index is 2.39. The van der Waals surface area contributed by atoms with Crippen molar-refractivity contribution in [2.75, 3.05) is 0 Å². The summed E-state index contributed by atoms with van der Waals surface area (Å²) < 4.78 is 75.7. The van der Waals surface area contributed by atoms with E-state index in [-0.39, 0.29) is 0 Å². The van der Waals surface area contributed by atoms with Gasteiger partial charge < -0.3 is 0 Å². The maximum absolute atomic E-state index is 13.5. The van der Waals surface area contributed by atoms with Crippen molar-refractivity contribution in [3.05, 3.63) is 11.7 Å². The van der Waals surface area contributed by atoms with Crippen LogP contribution in [-0.2, 0) is 0 Å². The zero-order valence-electron chi connectivity index (χ0n) is 6.84. The van der Waals surface area contributed by atoms with Crippen molar-refractivity contribution in [1.29, 1.82) is 0 Å². The molecule has 0 nitrogen and oxygen atoms in total. The number of hydrogen-bond acceptors (Lipinski definition) is 0. The fourth-order valence-electron chi connectivity index (χ4n) is 2.26. The van der Waals surface area contributed by atoms with Gasteiger partial charge in [0, 0.05) is 5.92 Å². The Kier molecular flexibility index (Phi) is 1.73. The van der Waals surface area contributed by atoms with Crippen molar-refractivity contribution in [2.45, 2.75) is 24.7 Å². The van der Waals surface area contributed by atoms with Crippen LogP contribution < -0.4 is 0 Å². The molecule has 1 fully saturated rings. The second kappa shape index (κ2) is 2.46. The summed E-state index contributed by atoms with van der Waals surface area (Å²) in [4.78, 5) is 0. The van der Waals surface area contributed by atoms with E-state index in [1.807, 2.05) is 0 Å². The lowest BCUT2D eigenvalue weighted by atomic mass is 9.89. The van der Waals surface area contributed by atoms with Gasteiger partial charge in [-0.1, -0.05) is 0 Å². The van der Waals surface area contributed by atoms with Gasteiger partial charge in [0.05, 0.1) is 5.92 Å². The first-order chi connectivity index (χ1) is 6.27. The molecule has 0 N–H and O–H groups in total. The quantitative estimate of drug-likeness (QED) is 0.544. The van der Waals surface area contributed by atoms with Gasteiger partial charge in [0.2, 0.25) is 0 Å². The van der Waals surface area contributed by atoms with E-state index >= 15 is 0 Å². The van der Waals surface area contributed by atoms with Crippen LogP contribution in [0.25, 0.3) is 0 Å². The molecule has 0 aromatic heterocycles. The molecule has 1 saturated carbocycles. The Morgan fingerprint density at radius 3 is 2.14 bits per heavy atom. The van der Waals surface area contributed by atoms with Crippen LogP contribution in [0.3, 0.4) is 0 Å². The number of hydrogen-bond donors (Lipinski definition) is 0. The van der Waals surface area contributed by atoms with Gasteiger partial charge in [0.1, 0.15) is 5.83 Å². The summed E-state index contributed by atoms with van der Waals surface area (Å²) >= 11 is 0. The van der Waals surface area contributed by atoms with E-state index < -0.39 is 48.2 Å². The van der Waals surface area contributed by atoms with E-state index in [9.17, 15) is 26.3 Å². The Bertz CT molecular complexity index is 303. The fraction of sp³-hybridized carbons (Fsp3) is 0.750. The molecule has 0 aromatic rings. The highest BCUT2D eigenvalue weighted by atomic mass is 19.4. The molecule has 0 spiro atoms. The fourth-order valence-corrected chi connectivity index (χ4v) is 2.26. The minimum atomic E-state index is -4.80. The normalized spacial score (nSPS) is 42.4. The standard InChI is InChI=1S/C8H6F6/c9-5-3-1-4(8(12,13)14)7(11,2-3)6(5)10/h3-4H,1-2H2. The highest BCUT2D eigenvalue weighted by Gasteiger charge is 2.67. The largest absolute Gasteiger partial charge is 0.395 e. The predicted octanol–water partition coefficient (Wildman–Crippen LogP) is 3.45. The highest BCUT2D eigenvalue weighted by molar-refractivity contribution is 5.31. The molecule has 2 aliphatic rings. The molecule has 2 bridgehead atoms.